The highest BCUT2D eigenvalue weighted by molar-refractivity contribution is 5.89. The van der Waals surface area contributed by atoms with E-state index in [0.717, 1.165) is 0 Å². The van der Waals surface area contributed by atoms with E-state index in [4.69, 9.17) is 9.47 Å². The van der Waals surface area contributed by atoms with Crippen molar-refractivity contribution in [2.75, 3.05) is 6.61 Å². The zero-order valence-corrected chi connectivity index (χ0v) is 9.02. The van der Waals surface area contributed by atoms with E-state index < -0.39 is 30.5 Å². The molecule has 0 aromatic carbocycles. The molecule has 6 nitrogen and oxygen atoms in total. The third-order valence-corrected chi connectivity index (χ3v) is 3.19. The lowest BCUT2D eigenvalue weighted by atomic mass is 10.1. The Hall–Kier alpha value is -1.37. The van der Waals surface area contributed by atoms with Gasteiger partial charge in [-0.05, 0) is 0 Å². The van der Waals surface area contributed by atoms with E-state index in [0.29, 0.717) is 12.0 Å². The summed E-state index contributed by atoms with van der Waals surface area (Å²) in [6.45, 7) is -0.0429. The van der Waals surface area contributed by atoms with Crippen LogP contribution in [0.25, 0.3) is 0 Å². The van der Waals surface area contributed by atoms with E-state index in [1.165, 1.54) is 0 Å². The average Bonchev–Trinajstić information content (AvgIpc) is 2.64. The van der Waals surface area contributed by atoms with Gasteiger partial charge in [-0.2, -0.15) is 0 Å². The summed E-state index contributed by atoms with van der Waals surface area (Å²) in [6, 6.07) is 0. The standard InChI is InChI=1S/C11H13NO5/c13-8-7-5-16-11(15)6-2-1-3-12(4-6)10(17-7)9(8)14/h1,3-4,7-10,13-14H,2,5H2/t7-,8-,9-,10+/m1/s1. The quantitative estimate of drug-likeness (QED) is 0.533. The van der Waals surface area contributed by atoms with Gasteiger partial charge in [-0.3, -0.25) is 0 Å². The van der Waals surface area contributed by atoms with Crippen molar-refractivity contribution in [1.82, 2.24) is 4.90 Å². The largest absolute Gasteiger partial charge is 0.459 e. The fourth-order valence-electron chi connectivity index (χ4n) is 2.24. The van der Waals surface area contributed by atoms with Crippen molar-refractivity contribution in [3.63, 3.8) is 0 Å². The van der Waals surface area contributed by atoms with Crippen LogP contribution in [0.4, 0.5) is 0 Å². The number of esters is 1. The van der Waals surface area contributed by atoms with Gasteiger partial charge in [-0.25, -0.2) is 4.79 Å². The van der Waals surface area contributed by atoms with Crippen molar-refractivity contribution in [3.8, 4) is 0 Å². The summed E-state index contributed by atoms with van der Waals surface area (Å²) in [5.41, 5.74) is 0.519. The van der Waals surface area contributed by atoms with Crippen molar-refractivity contribution < 1.29 is 24.5 Å². The first-order valence-corrected chi connectivity index (χ1v) is 5.50. The number of carbonyl (C=O) groups excluding carboxylic acids is 1. The molecule has 3 aliphatic heterocycles. The first-order chi connectivity index (χ1) is 8.16. The third kappa shape index (κ3) is 1.65. The number of ether oxygens (including phenoxy) is 2. The summed E-state index contributed by atoms with van der Waals surface area (Å²) in [6.07, 6.45) is 2.21. The number of cyclic esters (lactones) is 1. The molecule has 6 heteroatoms. The molecule has 3 heterocycles. The highest BCUT2D eigenvalue weighted by atomic mass is 16.6. The van der Waals surface area contributed by atoms with E-state index in [2.05, 4.69) is 0 Å². The molecule has 0 aromatic rings. The molecular formula is C11H13NO5. The van der Waals surface area contributed by atoms with Crippen LogP contribution in [0.5, 0.6) is 0 Å². The van der Waals surface area contributed by atoms with Gasteiger partial charge in [0, 0.05) is 18.8 Å². The van der Waals surface area contributed by atoms with Crippen molar-refractivity contribution >= 4 is 5.97 Å². The van der Waals surface area contributed by atoms with Crippen LogP contribution in [0.2, 0.25) is 0 Å². The lowest BCUT2D eigenvalue weighted by molar-refractivity contribution is -0.144. The fourth-order valence-corrected chi connectivity index (χ4v) is 2.24. The average molecular weight is 239 g/mol. The second kappa shape index (κ2) is 3.83. The molecule has 0 spiro atoms. The van der Waals surface area contributed by atoms with Gasteiger partial charge in [0.1, 0.15) is 24.9 Å². The van der Waals surface area contributed by atoms with Crippen LogP contribution in [0.3, 0.4) is 0 Å². The number of nitrogens with zero attached hydrogens (tertiary/aromatic N) is 1. The van der Waals surface area contributed by atoms with Gasteiger partial charge < -0.3 is 24.6 Å². The number of rotatable bonds is 0. The fraction of sp³-hybridized carbons (Fsp3) is 0.545. The molecule has 0 radical (unpaired) electrons. The molecule has 0 aromatic heterocycles. The number of carbonyl (C=O) groups is 1. The second-order valence-electron chi connectivity index (χ2n) is 4.34. The van der Waals surface area contributed by atoms with Gasteiger partial charge in [-0.1, -0.05) is 6.08 Å². The maximum absolute atomic E-state index is 11.6. The Balaban J connectivity index is 1.96. The molecule has 4 atom stereocenters. The van der Waals surface area contributed by atoms with E-state index in [1.54, 1.807) is 23.4 Å². The van der Waals surface area contributed by atoms with Gasteiger partial charge in [0.2, 0.25) is 0 Å². The molecule has 4 bridgehead atoms. The third-order valence-electron chi connectivity index (χ3n) is 3.19. The van der Waals surface area contributed by atoms with E-state index >= 15 is 0 Å². The molecular weight excluding hydrogens is 226 g/mol. The number of aliphatic hydroxyl groups is 2. The Morgan fingerprint density at radius 2 is 2.18 bits per heavy atom. The Bertz CT molecular complexity index is 405. The van der Waals surface area contributed by atoms with E-state index in [1.807, 2.05) is 0 Å². The van der Waals surface area contributed by atoms with Crippen molar-refractivity contribution in [3.05, 3.63) is 24.0 Å². The summed E-state index contributed by atoms with van der Waals surface area (Å²) in [7, 11) is 0. The monoisotopic (exact) mass is 239 g/mol. The van der Waals surface area contributed by atoms with Crippen LogP contribution in [-0.2, 0) is 14.3 Å². The van der Waals surface area contributed by atoms with Crippen molar-refractivity contribution in [1.29, 1.82) is 0 Å². The SMILES string of the molecule is O=C1OC[C@H]2O[C@@H]([C@H](O)[C@@H]2O)N2C=CCC1=C2. The van der Waals surface area contributed by atoms with E-state index in [9.17, 15) is 15.0 Å². The predicted molar refractivity (Wildman–Crippen MR) is 55.3 cm³/mol. The van der Waals surface area contributed by atoms with Crippen LogP contribution in [0.15, 0.2) is 24.0 Å². The van der Waals surface area contributed by atoms with Gasteiger partial charge in [0.05, 0.1) is 5.57 Å². The van der Waals surface area contributed by atoms with Crippen LogP contribution < -0.4 is 0 Å². The molecule has 92 valence electrons. The summed E-state index contributed by atoms with van der Waals surface area (Å²) in [5.74, 6) is -0.405. The second-order valence-corrected chi connectivity index (χ2v) is 4.34. The molecule has 3 aliphatic rings. The van der Waals surface area contributed by atoms with Crippen LogP contribution in [0.1, 0.15) is 6.42 Å². The van der Waals surface area contributed by atoms with Gasteiger partial charge in [0.25, 0.3) is 0 Å². The van der Waals surface area contributed by atoms with Crippen LogP contribution in [0, 0.1) is 0 Å². The molecule has 2 N–H and O–H groups in total. The molecule has 1 saturated heterocycles. The number of aliphatic hydroxyl groups excluding tert-OH is 2. The Morgan fingerprint density at radius 1 is 1.35 bits per heavy atom. The zero-order chi connectivity index (χ0) is 12.0. The lowest BCUT2D eigenvalue weighted by Gasteiger charge is -2.28. The molecule has 17 heavy (non-hydrogen) atoms. The predicted octanol–water partition coefficient (Wildman–Crippen LogP) is -0.907. The number of hydrogen-bond donors (Lipinski definition) is 2. The molecule has 3 rings (SSSR count). The summed E-state index contributed by atoms with van der Waals surface area (Å²) in [4.78, 5) is 13.2. The van der Waals surface area contributed by atoms with Gasteiger partial charge >= 0.3 is 5.97 Å². The minimum atomic E-state index is -1.04. The first kappa shape index (κ1) is 10.8. The zero-order valence-electron chi connectivity index (χ0n) is 9.02. The smallest absolute Gasteiger partial charge is 0.335 e. The summed E-state index contributed by atoms with van der Waals surface area (Å²) < 4.78 is 10.5. The van der Waals surface area contributed by atoms with Crippen molar-refractivity contribution in [2.24, 2.45) is 0 Å². The number of allylic oxidation sites excluding steroid dienone is 1. The topological polar surface area (TPSA) is 79.2 Å². The highest BCUT2D eigenvalue weighted by Gasteiger charge is 2.46. The minimum absolute atomic E-state index is 0.0429. The van der Waals surface area contributed by atoms with E-state index in [-0.39, 0.29) is 6.61 Å². The van der Waals surface area contributed by atoms with Crippen LogP contribution in [-0.4, -0.2) is 52.2 Å². The highest BCUT2D eigenvalue weighted by Crippen LogP contribution is 2.29. The summed E-state index contributed by atoms with van der Waals surface area (Å²) >= 11 is 0. The normalized spacial score (nSPS) is 40.2. The molecule has 0 saturated carbocycles. The number of fused-ring (bicyclic) bond motifs is 4. The maximum Gasteiger partial charge on any atom is 0.335 e. The first-order valence-electron chi connectivity index (χ1n) is 5.50. The Kier molecular flexibility index (Phi) is 2.43. The lowest BCUT2D eigenvalue weighted by Crippen LogP contribution is -2.40. The molecule has 0 unspecified atom stereocenters. The maximum atomic E-state index is 11.6. The van der Waals surface area contributed by atoms with Gasteiger partial charge in [0.15, 0.2) is 6.23 Å². The van der Waals surface area contributed by atoms with Crippen LogP contribution >= 0.6 is 0 Å². The number of hydrogen-bond acceptors (Lipinski definition) is 6. The van der Waals surface area contributed by atoms with Crippen molar-refractivity contribution in [2.45, 2.75) is 31.0 Å². The molecule has 0 amide bonds. The molecule has 0 aliphatic carbocycles. The summed E-state index contributed by atoms with van der Waals surface area (Å²) in [5, 5.41) is 19.6. The Morgan fingerprint density at radius 3 is 3.00 bits per heavy atom. The Labute approximate surface area is 97.7 Å². The minimum Gasteiger partial charge on any atom is -0.459 e. The van der Waals surface area contributed by atoms with Gasteiger partial charge in [-0.15, -0.1) is 0 Å². The molecule has 1 fully saturated rings.